The van der Waals surface area contributed by atoms with Gasteiger partial charge in [0.15, 0.2) is 0 Å². The number of nitrogens with zero attached hydrogens (tertiary/aromatic N) is 6. The highest BCUT2D eigenvalue weighted by molar-refractivity contribution is 9.09. The van der Waals surface area contributed by atoms with Crippen molar-refractivity contribution < 1.29 is 92.7 Å². The number of nitrogens with one attached hydrogen (secondary N) is 2. The van der Waals surface area contributed by atoms with Gasteiger partial charge in [-0.05, 0) is 174 Å². The molecule has 1 aliphatic heterocycles. The second-order valence-electron chi connectivity index (χ2n) is 24.8. The molecule has 10 rings (SSSR count). The molecule has 4 aromatic heterocycles. The lowest BCUT2D eigenvalue weighted by atomic mass is 9.79. The highest BCUT2D eigenvalue weighted by Crippen LogP contribution is 2.38. The summed E-state index contributed by atoms with van der Waals surface area (Å²) in [4.78, 5) is 78.4. The fraction of sp³-hybridized carbons (Fsp3) is 0.551. The summed E-state index contributed by atoms with van der Waals surface area (Å²) in [5.74, 6) is -1.64. The first-order chi connectivity index (χ1) is 46.9. The SMILES string of the molecule is C.CC(=O)C1CC=C(OS(=O)(=O)C(F)(F)F)CC1.CC(=O)C1CC=C(c2cn[nH]c2)CC1.CC1(C)OB(c2cn[nH]c2)OC1(C)C.CCOC(=O)CBr.CCOC(=O)Cn1cc(C2=CCC(C(=O)OCc3ccccc3)CC2)cn1.CCOC(=O)Cn1cc(C2CCC(C(=O)O)CC2)cn1. The van der Waals surface area contributed by atoms with Crippen molar-refractivity contribution in [1.29, 1.82) is 0 Å². The number of carbonyl (C=O) groups excluding carboxylic acids is 6. The number of alkyl halides is 4. The number of rotatable bonds is 20. The minimum atomic E-state index is -5.59. The normalized spacial score (nSPS) is 19.7. The summed E-state index contributed by atoms with van der Waals surface area (Å²) < 4.78 is 95.9. The first-order valence-corrected chi connectivity index (χ1v) is 35.4. The zero-order chi connectivity index (χ0) is 72.9. The number of aliphatic carboxylic acids is 1. The number of halogens is 4. The highest BCUT2D eigenvalue weighted by Gasteiger charge is 2.52. The molecule has 5 aliphatic rings. The van der Waals surface area contributed by atoms with E-state index in [1.807, 2.05) is 82.8 Å². The van der Waals surface area contributed by atoms with Gasteiger partial charge in [0.05, 0.1) is 61.4 Å². The lowest BCUT2D eigenvalue weighted by Crippen LogP contribution is -2.41. The smallest absolute Gasteiger partial charge is 0.481 e. The third-order valence-electron chi connectivity index (χ3n) is 17.1. The first kappa shape index (κ1) is 84.4. The largest absolute Gasteiger partial charge is 0.534 e. The van der Waals surface area contributed by atoms with Gasteiger partial charge in [-0.25, -0.2) is 0 Å². The molecule has 1 saturated heterocycles. The number of hydrogen-bond acceptors (Lipinski definition) is 20. The molecule has 4 aliphatic carbocycles. The Morgan fingerprint density at radius 3 is 1.62 bits per heavy atom. The van der Waals surface area contributed by atoms with Crippen LogP contribution in [0.5, 0.6) is 0 Å². The van der Waals surface area contributed by atoms with Crippen LogP contribution in [-0.4, -0.2) is 144 Å². The predicted octanol–water partition coefficient (Wildman–Crippen LogP) is 11.8. The second kappa shape index (κ2) is 41.0. The number of benzene rings is 1. The number of esters is 4. The van der Waals surface area contributed by atoms with Crippen molar-refractivity contribution in [3.05, 3.63) is 126 Å². The molecule has 1 saturated carbocycles. The lowest BCUT2D eigenvalue weighted by Gasteiger charge is -2.32. The molecule has 5 aromatic rings. The van der Waals surface area contributed by atoms with E-state index in [2.05, 4.69) is 67.6 Å². The van der Waals surface area contributed by atoms with E-state index in [4.69, 9.17) is 28.6 Å². The van der Waals surface area contributed by atoms with Gasteiger partial charge in [-0.1, -0.05) is 65.8 Å². The summed E-state index contributed by atoms with van der Waals surface area (Å²) in [7, 11) is -5.90. The topological polar surface area (TPSA) is 331 Å². The van der Waals surface area contributed by atoms with Crippen molar-refractivity contribution in [3.8, 4) is 0 Å². The summed E-state index contributed by atoms with van der Waals surface area (Å²) >= 11 is 2.94. The van der Waals surface area contributed by atoms with Crippen LogP contribution in [0.25, 0.3) is 11.1 Å². The number of hydrogen-bond donors (Lipinski definition) is 3. The van der Waals surface area contributed by atoms with Crippen molar-refractivity contribution in [1.82, 2.24) is 40.0 Å². The van der Waals surface area contributed by atoms with Gasteiger partial charge in [0.1, 0.15) is 42.4 Å². The van der Waals surface area contributed by atoms with Crippen molar-refractivity contribution in [2.45, 2.75) is 196 Å². The van der Waals surface area contributed by atoms with E-state index in [1.165, 1.54) is 18.6 Å². The molecule has 3 N–H and O–H groups in total. The number of carboxylic acids is 1. The molecule has 0 spiro atoms. The monoisotopic (exact) mass is 1490 g/mol. The Labute approximate surface area is 591 Å². The van der Waals surface area contributed by atoms with Gasteiger partial charge in [-0.2, -0.15) is 42.0 Å². The number of ether oxygens (including phenoxy) is 4. The summed E-state index contributed by atoms with van der Waals surface area (Å²) in [6, 6.07) is 9.69. The fourth-order valence-electron chi connectivity index (χ4n) is 10.7. The third-order valence-corrected chi connectivity index (χ3v) is 18.6. The number of aromatic amines is 2. The van der Waals surface area contributed by atoms with Gasteiger partial charge < -0.3 is 37.5 Å². The molecule has 25 nitrogen and oxygen atoms in total. The number of carbonyl (C=O) groups is 7. The van der Waals surface area contributed by atoms with Gasteiger partial charge in [0.2, 0.25) is 0 Å². The van der Waals surface area contributed by atoms with Crippen LogP contribution in [0.4, 0.5) is 13.2 Å². The van der Waals surface area contributed by atoms with Crippen LogP contribution >= 0.6 is 15.9 Å². The van der Waals surface area contributed by atoms with Gasteiger partial charge in [-0.15, -0.1) is 0 Å². The highest BCUT2D eigenvalue weighted by atomic mass is 79.9. The number of carboxylic acid groups (broad SMARTS) is 1. The van der Waals surface area contributed by atoms with Crippen molar-refractivity contribution >= 4 is 91.2 Å². The van der Waals surface area contributed by atoms with E-state index in [0.717, 1.165) is 78.2 Å². The van der Waals surface area contributed by atoms with E-state index in [-0.39, 0.29) is 111 Å². The van der Waals surface area contributed by atoms with E-state index < -0.39 is 21.6 Å². The van der Waals surface area contributed by atoms with Crippen molar-refractivity contribution in [3.63, 3.8) is 0 Å². The Hall–Kier alpha value is -8.03. The van der Waals surface area contributed by atoms with E-state index in [9.17, 15) is 55.2 Å². The van der Waals surface area contributed by atoms with E-state index >= 15 is 0 Å². The van der Waals surface area contributed by atoms with Gasteiger partial charge in [-0.3, -0.25) is 53.1 Å². The average molecular weight is 1490 g/mol. The third kappa shape index (κ3) is 27.5. The molecule has 31 heteroatoms. The Kier molecular flexibility index (Phi) is 34.6. The minimum Gasteiger partial charge on any atom is -0.481 e. The predicted molar refractivity (Wildman–Crippen MR) is 370 cm³/mol. The fourth-order valence-corrected chi connectivity index (χ4v) is 11.4. The standard InChI is InChI=1S/C21H24N2O4.C14H20N2O4.C11H14N2O.C9H15BN2O2.C9H11F3O4S.C4H7BrO2.CH4/c1-2-26-20(24)14-23-13-19(12-22-23)17-8-10-18(11-9-17)21(25)27-15-16-6-4-3-5-7-16;1-2-20-13(17)9-16-8-12(7-15-16)10-3-5-11(6-4-10)14(18)19;1-8(14)9-2-4-10(5-3-9)11-6-12-13-7-11;1-8(2)9(3,4)14-10(13-8)7-5-11-12-6-7;1-6(13)7-2-4-8(5-3-7)16-17(14,15)9(10,11)12;1-2-7-4(6)3-5;/h3-8,12-13,18H,2,9-11,14-15H2,1H3;7-8,10-11H,2-6,9H2,1H3,(H,18,19);4,6-7,9H,2-3,5H2,1H3,(H,12,13);5-6H,1-4H3,(H,11,12);4,7H,2-3,5H2,1H3;2-3H2,1H3;1H4. The summed E-state index contributed by atoms with van der Waals surface area (Å²) in [5.41, 5.74) is 1.62. The lowest BCUT2D eigenvalue weighted by molar-refractivity contribution is -0.150. The maximum atomic E-state index is 12.3. The molecular formula is C69H95BBrF3N8O17S. The van der Waals surface area contributed by atoms with Gasteiger partial charge in [0.25, 0.3) is 0 Å². The average Bonchev–Trinajstić information content (AvgIpc) is 1.61. The minimum absolute atomic E-state index is 0. The van der Waals surface area contributed by atoms with Crippen LogP contribution in [0, 0.1) is 23.7 Å². The molecule has 0 amide bonds. The molecule has 0 bridgehead atoms. The Balaban J connectivity index is 0.000000263. The first-order valence-electron chi connectivity index (χ1n) is 32.8. The maximum Gasteiger partial charge on any atom is 0.534 e. The molecule has 100 heavy (non-hydrogen) atoms. The van der Waals surface area contributed by atoms with Crippen LogP contribution in [0.3, 0.4) is 0 Å². The number of aromatic nitrogens is 8. The quantitative estimate of drug-likeness (QED) is 0.0163. The van der Waals surface area contributed by atoms with Crippen LogP contribution in [0.15, 0.2) is 104 Å². The van der Waals surface area contributed by atoms with E-state index in [1.54, 1.807) is 61.8 Å². The Morgan fingerprint density at radius 2 is 1.16 bits per heavy atom. The number of Topliss-reactive ketones (excluding diaryl/α,β-unsaturated/α-hetero) is 2. The zero-order valence-corrected chi connectivity index (χ0v) is 59.8. The molecule has 3 atom stereocenters. The molecule has 550 valence electrons. The Bertz CT molecular complexity index is 3590. The van der Waals surface area contributed by atoms with Crippen LogP contribution < -0.4 is 5.46 Å². The van der Waals surface area contributed by atoms with Gasteiger partial charge in [0, 0.05) is 65.8 Å². The molecular weight excluding hydrogens is 1390 g/mol. The summed E-state index contributed by atoms with van der Waals surface area (Å²) in [6.07, 6.45) is 28.7. The van der Waals surface area contributed by atoms with Crippen molar-refractivity contribution in [2.75, 3.05) is 25.2 Å². The van der Waals surface area contributed by atoms with Gasteiger partial charge >= 0.3 is 52.6 Å². The maximum absolute atomic E-state index is 12.3. The molecule has 5 heterocycles. The zero-order valence-electron chi connectivity index (χ0n) is 57.4. The van der Waals surface area contributed by atoms with E-state index in [0.29, 0.717) is 69.1 Å². The molecule has 3 unspecified atom stereocenters. The molecule has 1 aromatic carbocycles. The molecule has 0 radical (unpaired) electrons. The van der Waals surface area contributed by atoms with Crippen LogP contribution in [0.1, 0.15) is 181 Å². The number of ketones is 2. The van der Waals surface area contributed by atoms with Crippen molar-refractivity contribution in [2.24, 2.45) is 23.7 Å². The summed E-state index contributed by atoms with van der Waals surface area (Å²) in [6.45, 7) is 18.3. The van der Waals surface area contributed by atoms with Crippen LogP contribution in [0.2, 0.25) is 0 Å². The van der Waals surface area contributed by atoms with Crippen LogP contribution in [-0.2, 0) is 95.8 Å². The number of allylic oxidation sites excluding steroid dienone is 6. The Morgan fingerprint density at radius 1 is 0.650 bits per heavy atom. The second-order valence-corrected chi connectivity index (χ2v) is 26.9. The molecule has 2 fully saturated rings. The summed E-state index contributed by atoms with van der Waals surface area (Å²) in [5, 5.41) is 31.0. The number of H-pyrrole nitrogens is 2.